The molecule has 16 heavy (non-hydrogen) atoms. The highest BCUT2D eigenvalue weighted by Crippen LogP contribution is 2.16. The maximum absolute atomic E-state index is 10.2. The molecular formula is C13H12N2O. The fraction of sp³-hybridized carbons (Fsp3) is 0.0769. The first kappa shape index (κ1) is 10.4. The Morgan fingerprint density at radius 3 is 2.25 bits per heavy atom. The number of hydrogen-bond donors (Lipinski definition) is 1. The Hall–Kier alpha value is -2.16. The van der Waals surface area contributed by atoms with Gasteiger partial charge in [-0.15, -0.1) is 4.91 Å². The lowest BCUT2D eigenvalue weighted by Crippen LogP contribution is -1.98. The molecule has 0 radical (unpaired) electrons. The van der Waals surface area contributed by atoms with E-state index in [9.17, 15) is 4.91 Å². The largest absolute Gasteiger partial charge is 0.381 e. The van der Waals surface area contributed by atoms with E-state index < -0.39 is 0 Å². The molecule has 0 fully saturated rings. The van der Waals surface area contributed by atoms with Gasteiger partial charge in [0, 0.05) is 12.2 Å². The minimum atomic E-state index is 0.449. The molecule has 0 aliphatic rings. The number of nitroso groups, excluding NO2 is 1. The summed E-state index contributed by atoms with van der Waals surface area (Å²) >= 11 is 0. The van der Waals surface area contributed by atoms with Crippen LogP contribution in [-0.4, -0.2) is 0 Å². The van der Waals surface area contributed by atoms with Crippen LogP contribution in [0.15, 0.2) is 59.8 Å². The van der Waals surface area contributed by atoms with Crippen molar-refractivity contribution in [3.63, 3.8) is 0 Å². The third kappa shape index (κ3) is 2.67. The van der Waals surface area contributed by atoms with Gasteiger partial charge in [0.2, 0.25) is 0 Å². The Bertz CT molecular complexity index is 451. The van der Waals surface area contributed by atoms with E-state index in [0.717, 1.165) is 12.2 Å². The molecule has 2 aromatic rings. The van der Waals surface area contributed by atoms with E-state index in [2.05, 4.69) is 22.6 Å². The second kappa shape index (κ2) is 5.07. The summed E-state index contributed by atoms with van der Waals surface area (Å²) in [4.78, 5) is 10.2. The molecule has 0 aliphatic heterocycles. The average Bonchev–Trinajstić information content (AvgIpc) is 2.38. The molecule has 0 amide bonds. The van der Waals surface area contributed by atoms with Crippen molar-refractivity contribution in [3.05, 3.63) is 65.1 Å². The van der Waals surface area contributed by atoms with E-state index in [-0.39, 0.29) is 0 Å². The first-order chi connectivity index (χ1) is 7.88. The van der Waals surface area contributed by atoms with E-state index >= 15 is 0 Å². The Balaban J connectivity index is 1.97. The zero-order valence-corrected chi connectivity index (χ0v) is 8.76. The van der Waals surface area contributed by atoms with Gasteiger partial charge in [-0.3, -0.25) is 0 Å². The molecule has 0 aromatic heterocycles. The van der Waals surface area contributed by atoms with Gasteiger partial charge in [-0.1, -0.05) is 30.3 Å². The van der Waals surface area contributed by atoms with Crippen molar-refractivity contribution in [2.75, 3.05) is 5.32 Å². The summed E-state index contributed by atoms with van der Waals surface area (Å²) in [6, 6.07) is 17.2. The van der Waals surface area contributed by atoms with Crippen LogP contribution in [-0.2, 0) is 6.54 Å². The normalized spacial score (nSPS) is 9.75. The lowest BCUT2D eigenvalue weighted by Gasteiger charge is -2.05. The minimum absolute atomic E-state index is 0.449. The number of anilines is 1. The van der Waals surface area contributed by atoms with E-state index in [1.54, 1.807) is 12.1 Å². The standard InChI is InChI=1S/C13H12N2O/c16-15-13-8-6-12(7-9-13)14-10-11-4-2-1-3-5-11/h1-9,14H,10H2. The van der Waals surface area contributed by atoms with Crippen LogP contribution in [0.4, 0.5) is 11.4 Å². The van der Waals surface area contributed by atoms with Gasteiger partial charge in [0.05, 0.1) is 0 Å². The fourth-order valence-electron chi connectivity index (χ4n) is 1.44. The monoisotopic (exact) mass is 212 g/mol. The maximum atomic E-state index is 10.2. The molecule has 0 aliphatic carbocycles. The van der Waals surface area contributed by atoms with Gasteiger partial charge in [0.25, 0.3) is 0 Å². The van der Waals surface area contributed by atoms with E-state index in [0.29, 0.717) is 5.69 Å². The molecule has 2 aromatic carbocycles. The Kier molecular flexibility index (Phi) is 3.28. The Morgan fingerprint density at radius 1 is 0.938 bits per heavy atom. The lowest BCUT2D eigenvalue weighted by atomic mass is 10.2. The summed E-state index contributed by atoms with van der Waals surface area (Å²) in [6.07, 6.45) is 0. The molecule has 80 valence electrons. The molecule has 2 rings (SSSR count). The molecule has 0 bridgehead atoms. The highest BCUT2D eigenvalue weighted by Gasteiger charge is 1.94. The number of hydrogen-bond acceptors (Lipinski definition) is 3. The summed E-state index contributed by atoms with van der Waals surface area (Å²) in [5, 5.41) is 6.12. The predicted molar refractivity (Wildman–Crippen MR) is 65.7 cm³/mol. The highest BCUT2D eigenvalue weighted by molar-refractivity contribution is 5.50. The first-order valence-electron chi connectivity index (χ1n) is 5.10. The second-order valence-electron chi connectivity index (χ2n) is 3.48. The zero-order valence-electron chi connectivity index (χ0n) is 8.76. The minimum Gasteiger partial charge on any atom is -0.381 e. The molecule has 0 heterocycles. The summed E-state index contributed by atoms with van der Waals surface area (Å²) in [5.74, 6) is 0. The molecule has 0 unspecified atom stereocenters. The van der Waals surface area contributed by atoms with Gasteiger partial charge >= 0.3 is 0 Å². The second-order valence-corrected chi connectivity index (χ2v) is 3.48. The SMILES string of the molecule is O=Nc1ccc(NCc2ccccc2)cc1. The number of benzene rings is 2. The molecule has 0 atom stereocenters. The van der Waals surface area contributed by atoms with E-state index in [1.807, 2.05) is 30.3 Å². The third-order valence-corrected chi connectivity index (χ3v) is 2.31. The molecule has 3 heteroatoms. The third-order valence-electron chi connectivity index (χ3n) is 2.31. The maximum Gasteiger partial charge on any atom is 0.108 e. The predicted octanol–water partition coefficient (Wildman–Crippen LogP) is 3.70. The quantitative estimate of drug-likeness (QED) is 0.785. The Morgan fingerprint density at radius 2 is 1.62 bits per heavy atom. The number of nitrogens with zero attached hydrogens (tertiary/aromatic N) is 1. The van der Waals surface area contributed by atoms with Crippen molar-refractivity contribution < 1.29 is 0 Å². The van der Waals surface area contributed by atoms with Gasteiger partial charge in [-0.25, -0.2) is 0 Å². The average molecular weight is 212 g/mol. The van der Waals surface area contributed by atoms with Crippen LogP contribution in [0.5, 0.6) is 0 Å². The molecule has 0 spiro atoms. The van der Waals surface area contributed by atoms with Crippen molar-refractivity contribution in [1.29, 1.82) is 0 Å². The lowest BCUT2D eigenvalue weighted by molar-refractivity contribution is 1.15. The van der Waals surface area contributed by atoms with Crippen molar-refractivity contribution in [3.8, 4) is 0 Å². The zero-order chi connectivity index (χ0) is 11.2. The van der Waals surface area contributed by atoms with Crippen LogP contribution >= 0.6 is 0 Å². The number of rotatable bonds is 4. The summed E-state index contributed by atoms with van der Waals surface area (Å²) in [7, 11) is 0. The number of nitrogens with one attached hydrogen (secondary N) is 1. The van der Waals surface area contributed by atoms with Crippen LogP contribution in [0, 0.1) is 4.91 Å². The van der Waals surface area contributed by atoms with E-state index in [1.165, 1.54) is 5.56 Å². The fourth-order valence-corrected chi connectivity index (χ4v) is 1.44. The Labute approximate surface area is 94.1 Å². The summed E-state index contributed by atoms with van der Waals surface area (Å²) < 4.78 is 0. The molecule has 0 saturated carbocycles. The van der Waals surface area contributed by atoms with Gasteiger partial charge in [0.15, 0.2) is 0 Å². The van der Waals surface area contributed by atoms with Crippen molar-refractivity contribution in [2.24, 2.45) is 5.18 Å². The first-order valence-corrected chi connectivity index (χ1v) is 5.10. The topological polar surface area (TPSA) is 41.5 Å². The smallest absolute Gasteiger partial charge is 0.108 e. The van der Waals surface area contributed by atoms with Crippen LogP contribution in [0.1, 0.15) is 5.56 Å². The van der Waals surface area contributed by atoms with Gasteiger partial charge in [0.1, 0.15) is 5.69 Å². The molecule has 0 saturated heterocycles. The highest BCUT2D eigenvalue weighted by atomic mass is 16.3. The van der Waals surface area contributed by atoms with Gasteiger partial charge in [-0.2, -0.15) is 0 Å². The van der Waals surface area contributed by atoms with Gasteiger partial charge < -0.3 is 5.32 Å². The molecule has 1 N–H and O–H groups in total. The molecular weight excluding hydrogens is 200 g/mol. The van der Waals surface area contributed by atoms with Crippen LogP contribution < -0.4 is 5.32 Å². The summed E-state index contributed by atoms with van der Waals surface area (Å²) in [5.41, 5.74) is 2.65. The van der Waals surface area contributed by atoms with Crippen molar-refractivity contribution in [1.82, 2.24) is 0 Å². The molecule has 3 nitrogen and oxygen atoms in total. The van der Waals surface area contributed by atoms with Crippen LogP contribution in [0.2, 0.25) is 0 Å². The van der Waals surface area contributed by atoms with E-state index in [4.69, 9.17) is 0 Å². The summed E-state index contributed by atoms with van der Waals surface area (Å²) in [6.45, 7) is 0.773. The van der Waals surface area contributed by atoms with Crippen molar-refractivity contribution >= 4 is 11.4 Å². The van der Waals surface area contributed by atoms with Gasteiger partial charge in [-0.05, 0) is 35.0 Å². The van der Waals surface area contributed by atoms with Crippen LogP contribution in [0.25, 0.3) is 0 Å². The van der Waals surface area contributed by atoms with Crippen LogP contribution in [0.3, 0.4) is 0 Å². The van der Waals surface area contributed by atoms with Crippen molar-refractivity contribution in [2.45, 2.75) is 6.54 Å².